The molecule has 7 nitrogen and oxygen atoms in total. The lowest BCUT2D eigenvalue weighted by atomic mass is 9.53. The van der Waals surface area contributed by atoms with Gasteiger partial charge in [-0.2, -0.15) is 0 Å². The number of carbonyl (C=O) groups is 4. The summed E-state index contributed by atoms with van der Waals surface area (Å²) in [4.78, 5) is 50.9. The number of nitrogens with zero attached hydrogens (tertiary/aromatic N) is 1. The number of imide groups is 2. The minimum absolute atomic E-state index is 0.106. The van der Waals surface area contributed by atoms with Crippen LogP contribution in [0.15, 0.2) is 18.2 Å². The zero-order valence-corrected chi connectivity index (χ0v) is 22.0. The van der Waals surface area contributed by atoms with Crippen molar-refractivity contribution in [3.63, 3.8) is 0 Å². The molecule has 4 saturated carbocycles. The van der Waals surface area contributed by atoms with Crippen molar-refractivity contribution in [2.75, 3.05) is 6.54 Å². The molecular weight excluding hydrogens is 478 g/mol. The molecule has 2 N–H and O–H groups in total. The molecule has 1 aromatic carbocycles. The summed E-state index contributed by atoms with van der Waals surface area (Å²) in [7, 11) is 0. The first-order valence-corrected chi connectivity index (χ1v) is 14.5. The molecule has 7 heteroatoms. The zero-order valence-electron chi connectivity index (χ0n) is 22.0. The number of rotatable bonds is 8. The van der Waals surface area contributed by atoms with Crippen molar-refractivity contribution in [2.24, 2.45) is 17.8 Å². The van der Waals surface area contributed by atoms with Crippen molar-refractivity contribution in [2.45, 2.75) is 95.1 Å². The van der Waals surface area contributed by atoms with E-state index in [4.69, 9.17) is 0 Å². The smallest absolute Gasteiger partial charge is 0.263 e. The standard InChI is InChI=1S/C31H37N3O4/c35-26-12-11-25(28(36)33-26)34-29(37)24-10-7-9-23(27(24)30(34)38)8-5-3-1-2-4-6-13-32-31-17-20-14-21(18-31)16-22(15-20)19-31/h7,9-10,20-22,25,32H,1-4,6,11-19H2,(H,33,35,36). The zero-order chi connectivity index (χ0) is 26.3. The third-order valence-corrected chi connectivity index (χ3v) is 9.46. The van der Waals surface area contributed by atoms with Gasteiger partial charge in [0.25, 0.3) is 11.8 Å². The van der Waals surface area contributed by atoms with E-state index in [0.717, 1.165) is 48.5 Å². The fraction of sp³-hybridized carbons (Fsp3) is 0.613. The summed E-state index contributed by atoms with van der Waals surface area (Å²) in [6.45, 7) is 1.12. The van der Waals surface area contributed by atoms with Crippen LogP contribution in [0.5, 0.6) is 0 Å². The maximum Gasteiger partial charge on any atom is 0.263 e. The van der Waals surface area contributed by atoms with Crippen LogP contribution in [0.25, 0.3) is 0 Å². The number of fused-ring (bicyclic) bond motifs is 1. The first-order chi connectivity index (χ1) is 18.4. The Morgan fingerprint density at radius 2 is 1.63 bits per heavy atom. The SMILES string of the molecule is O=C1CCC(N2C(=O)c3cccc(C#CCCCCCCNC45CC6CC(CC(C6)C4)C5)c3C2=O)C(=O)N1. The number of unbranched alkanes of at least 4 members (excludes halogenated alkanes) is 4. The van der Waals surface area contributed by atoms with Crippen LogP contribution in [-0.2, 0) is 9.59 Å². The Kier molecular flexibility index (Phi) is 6.86. The van der Waals surface area contributed by atoms with Gasteiger partial charge in [0.15, 0.2) is 0 Å². The van der Waals surface area contributed by atoms with Gasteiger partial charge >= 0.3 is 0 Å². The first-order valence-electron chi connectivity index (χ1n) is 14.5. The van der Waals surface area contributed by atoms with Crippen molar-refractivity contribution in [1.29, 1.82) is 0 Å². The molecular formula is C31H37N3O4. The number of amides is 4. The van der Waals surface area contributed by atoms with E-state index < -0.39 is 23.8 Å². The largest absolute Gasteiger partial charge is 0.311 e. The number of nitrogens with one attached hydrogen (secondary N) is 2. The molecule has 1 unspecified atom stereocenters. The topological polar surface area (TPSA) is 95.6 Å². The fourth-order valence-electron chi connectivity index (χ4n) is 8.15. The Morgan fingerprint density at radius 1 is 0.921 bits per heavy atom. The van der Waals surface area contributed by atoms with Gasteiger partial charge in [0.2, 0.25) is 11.8 Å². The molecule has 0 radical (unpaired) electrons. The normalized spacial score (nSPS) is 31.3. The maximum atomic E-state index is 13.2. The molecule has 1 atom stereocenters. The summed E-state index contributed by atoms with van der Waals surface area (Å²) >= 11 is 0. The van der Waals surface area contributed by atoms with E-state index in [1.165, 1.54) is 51.4 Å². The average Bonchev–Trinajstić information content (AvgIpc) is 3.12. The molecule has 7 rings (SSSR count). The molecule has 4 aliphatic carbocycles. The van der Waals surface area contributed by atoms with Crippen molar-refractivity contribution in [3.8, 4) is 11.8 Å². The van der Waals surface area contributed by atoms with Gasteiger partial charge in [-0.1, -0.05) is 30.7 Å². The fourth-order valence-corrected chi connectivity index (χ4v) is 8.15. The van der Waals surface area contributed by atoms with Gasteiger partial charge in [-0.3, -0.25) is 29.4 Å². The van der Waals surface area contributed by atoms with Crippen LogP contribution in [0.1, 0.15) is 110 Å². The highest BCUT2D eigenvalue weighted by atomic mass is 16.2. The molecule has 200 valence electrons. The molecule has 4 bridgehead atoms. The minimum atomic E-state index is -0.960. The number of hydrogen-bond acceptors (Lipinski definition) is 5. The Bertz CT molecular complexity index is 1190. The average molecular weight is 516 g/mol. The van der Waals surface area contributed by atoms with Gasteiger partial charge in [-0.15, -0.1) is 0 Å². The second-order valence-electron chi connectivity index (χ2n) is 12.3. The van der Waals surface area contributed by atoms with Crippen LogP contribution in [-0.4, -0.2) is 46.7 Å². The lowest BCUT2D eigenvalue weighted by molar-refractivity contribution is -0.136. The molecule has 2 aliphatic heterocycles. The number of hydrogen-bond donors (Lipinski definition) is 2. The van der Waals surface area contributed by atoms with E-state index >= 15 is 0 Å². The quantitative estimate of drug-likeness (QED) is 0.311. The summed E-state index contributed by atoms with van der Waals surface area (Å²) in [6.07, 6.45) is 14.2. The summed E-state index contributed by atoms with van der Waals surface area (Å²) in [5.74, 6) is 7.24. The molecule has 2 heterocycles. The van der Waals surface area contributed by atoms with Gasteiger partial charge in [0.05, 0.1) is 11.1 Å². The van der Waals surface area contributed by atoms with E-state index in [0.29, 0.717) is 11.1 Å². The number of benzene rings is 1. The second-order valence-corrected chi connectivity index (χ2v) is 12.3. The van der Waals surface area contributed by atoms with Gasteiger partial charge < -0.3 is 5.32 Å². The van der Waals surface area contributed by atoms with Crippen molar-refractivity contribution in [3.05, 3.63) is 34.9 Å². The summed E-state index contributed by atoms with van der Waals surface area (Å²) in [6, 6.07) is 4.11. The number of piperidine rings is 1. The van der Waals surface area contributed by atoms with E-state index in [-0.39, 0.29) is 29.9 Å². The Hall–Kier alpha value is -2.98. The van der Waals surface area contributed by atoms with Gasteiger partial charge in [0, 0.05) is 23.9 Å². The molecule has 1 aromatic rings. The first kappa shape index (κ1) is 25.3. The second kappa shape index (κ2) is 10.3. The predicted octanol–water partition coefficient (Wildman–Crippen LogP) is 3.95. The Morgan fingerprint density at radius 3 is 2.34 bits per heavy atom. The third-order valence-electron chi connectivity index (χ3n) is 9.46. The van der Waals surface area contributed by atoms with Crippen LogP contribution in [0.2, 0.25) is 0 Å². The van der Waals surface area contributed by atoms with Crippen molar-refractivity contribution in [1.82, 2.24) is 15.5 Å². The Balaban J connectivity index is 0.966. The highest BCUT2D eigenvalue weighted by Crippen LogP contribution is 2.55. The van der Waals surface area contributed by atoms with Gasteiger partial charge in [0.1, 0.15) is 6.04 Å². The molecule has 5 fully saturated rings. The van der Waals surface area contributed by atoms with E-state index in [1.807, 2.05) is 0 Å². The molecule has 4 amide bonds. The lowest BCUT2D eigenvalue weighted by Gasteiger charge is -2.57. The third kappa shape index (κ3) is 4.80. The van der Waals surface area contributed by atoms with E-state index in [1.54, 1.807) is 18.2 Å². The highest BCUT2D eigenvalue weighted by Gasteiger charge is 2.50. The predicted molar refractivity (Wildman–Crippen MR) is 142 cm³/mol. The molecule has 38 heavy (non-hydrogen) atoms. The Labute approximate surface area is 224 Å². The summed E-state index contributed by atoms with van der Waals surface area (Å²) in [5.41, 5.74) is 1.52. The molecule has 6 aliphatic rings. The van der Waals surface area contributed by atoms with Crippen LogP contribution in [0, 0.1) is 29.6 Å². The lowest BCUT2D eigenvalue weighted by Crippen LogP contribution is -2.58. The van der Waals surface area contributed by atoms with Gasteiger partial charge in [-0.25, -0.2) is 0 Å². The van der Waals surface area contributed by atoms with Crippen LogP contribution < -0.4 is 10.6 Å². The summed E-state index contributed by atoms with van der Waals surface area (Å²) < 4.78 is 0. The van der Waals surface area contributed by atoms with Crippen LogP contribution >= 0.6 is 0 Å². The molecule has 1 saturated heterocycles. The minimum Gasteiger partial charge on any atom is -0.311 e. The molecule has 0 spiro atoms. The van der Waals surface area contributed by atoms with E-state index in [2.05, 4.69) is 22.5 Å². The highest BCUT2D eigenvalue weighted by molar-refractivity contribution is 6.24. The van der Waals surface area contributed by atoms with Crippen LogP contribution in [0.3, 0.4) is 0 Å². The molecule has 0 aromatic heterocycles. The van der Waals surface area contributed by atoms with E-state index in [9.17, 15) is 19.2 Å². The van der Waals surface area contributed by atoms with Crippen molar-refractivity contribution < 1.29 is 19.2 Å². The maximum absolute atomic E-state index is 13.2. The monoisotopic (exact) mass is 515 g/mol. The number of carbonyl (C=O) groups excluding carboxylic acids is 4. The van der Waals surface area contributed by atoms with Gasteiger partial charge in [-0.05, 0) is 94.2 Å². The van der Waals surface area contributed by atoms with Crippen LogP contribution in [0.4, 0.5) is 0 Å². The van der Waals surface area contributed by atoms with Crippen molar-refractivity contribution >= 4 is 23.6 Å². The summed E-state index contributed by atoms with van der Waals surface area (Å²) in [5, 5.41) is 6.21.